The topological polar surface area (TPSA) is 149 Å². The number of hydrogen-bond donors (Lipinski definition) is 4. The molecule has 0 radical (unpaired) electrons. The monoisotopic (exact) mass is 366 g/mol. The molecule has 0 fully saturated rings. The van der Waals surface area contributed by atoms with Gasteiger partial charge in [0.05, 0.1) is 12.8 Å². The second-order valence-corrected chi connectivity index (χ2v) is 9.74. The average Bonchev–Trinajstić information content (AvgIpc) is 2.44. The van der Waals surface area contributed by atoms with E-state index in [-0.39, 0.29) is 25.2 Å². The maximum Gasteiger partial charge on any atom is 0.303 e. The van der Waals surface area contributed by atoms with Gasteiger partial charge in [-0.3, -0.25) is 18.7 Å². The summed E-state index contributed by atoms with van der Waals surface area (Å²) in [5, 5.41) is 16.7. The van der Waals surface area contributed by atoms with Crippen LogP contribution in [0.15, 0.2) is 30.3 Å². The smallest absolute Gasteiger partial charge is 0.303 e. The van der Waals surface area contributed by atoms with Crippen molar-refractivity contribution in [1.29, 1.82) is 0 Å². The second kappa shape index (κ2) is 9.63. The molecular formula is C13H20O8P2. The van der Waals surface area contributed by atoms with Gasteiger partial charge in [-0.2, -0.15) is 0 Å². The van der Waals surface area contributed by atoms with Crippen molar-refractivity contribution in [3.05, 3.63) is 30.3 Å². The minimum absolute atomic E-state index is 0.137. The van der Waals surface area contributed by atoms with Crippen molar-refractivity contribution in [2.75, 3.05) is 19.0 Å². The zero-order valence-corrected chi connectivity index (χ0v) is 14.3. The third-order valence-electron chi connectivity index (χ3n) is 2.53. The van der Waals surface area contributed by atoms with E-state index < -0.39 is 26.7 Å². The summed E-state index contributed by atoms with van der Waals surface area (Å²) in [5.74, 6) is -2.10. The van der Waals surface area contributed by atoms with Crippen LogP contribution in [0.1, 0.15) is 12.8 Å². The Labute approximate surface area is 133 Å². The molecule has 0 saturated heterocycles. The molecule has 2 atom stereocenters. The lowest BCUT2D eigenvalue weighted by molar-refractivity contribution is -0.137. The highest BCUT2D eigenvalue weighted by molar-refractivity contribution is 7.66. The number of carboxylic acid groups (broad SMARTS) is 2. The van der Waals surface area contributed by atoms with Crippen molar-refractivity contribution in [1.82, 2.24) is 0 Å². The lowest BCUT2D eigenvalue weighted by Gasteiger charge is -2.09. The molecule has 1 rings (SSSR count). The Balaban J connectivity index is 0.000000468. The van der Waals surface area contributed by atoms with Gasteiger partial charge in [-0.05, 0) is 12.1 Å². The predicted octanol–water partition coefficient (Wildman–Crippen LogP) is 1.42. The van der Waals surface area contributed by atoms with Crippen molar-refractivity contribution in [3.63, 3.8) is 0 Å². The van der Waals surface area contributed by atoms with E-state index in [1.807, 2.05) is 0 Å². The molecule has 10 heteroatoms. The average molecular weight is 366 g/mol. The molecule has 2 unspecified atom stereocenters. The normalized spacial score (nSPS) is 15.4. The number of aliphatic carboxylic acids is 2. The molecule has 0 heterocycles. The summed E-state index contributed by atoms with van der Waals surface area (Å²) in [4.78, 5) is 38.1. The van der Waals surface area contributed by atoms with Crippen LogP contribution >= 0.6 is 14.7 Å². The van der Waals surface area contributed by atoms with E-state index in [2.05, 4.69) is 0 Å². The van der Waals surface area contributed by atoms with Crippen LogP contribution in [0.25, 0.3) is 0 Å². The fraction of sp³-hybridized carbons (Fsp3) is 0.385. The van der Waals surface area contributed by atoms with Gasteiger partial charge >= 0.3 is 11.9 Å². The Bertz CT molecular complexity index is 608. The van der Waals surface area contributed by atoms with Crippen molar-refractivity contribution >= 4 is 32.0 Å². The first-order chi connectivity index (χ1) is 10.4. The van der Waals surface area contributed by atoms with Gasteiger partial charge in [0.1, 0.15) is 0 Å². The van der Waals surface area contributed by atoms with E-state index >= 15 is 0 Å². The third kappa shape index (κ3) is 11.7. The highest BCUT2D eigenvalue weighted by Gasteiger charge is 2.21. The van der Waals surface area contributed by atoms with Gasteiger partial charge in [0, 0.05) is 24.3 Å². The molecule has 0 amide bonds. The third-order valence-corrected chi connectivity index (χ3v) is 5.52. The van der Waals surface area contributed by atoms with Gasteiger partial charge in [0.25, 0.3) is 0 Å². The molecule has 0 bridgehead atoms. The number of benzene rings is 1. The van der Waals surface area contributed by atoms with E-state index in [0.29, 0.717) is 5.30 Å². The SMILES string of the molecule is CP(=O)(O)CCC(=O)O.O=C(O)CCP(=O)(O)c1ccccc1. The molecule has 0 aliphatic rings. The maximum atomic E-state index is 11.6. The van der Waals surface area contributed by atoms with E-state index in [9.17, 15) is 23.6 Å². The molecule has 1 aromatic rings. The molecule has 1 aromatic carbocycles. The van der Waals surface area contributed by atoms with Gasteiger partial charge in [0.2, 0.25) is 7.37 Å². The predicted molar refractivity (Wildman–Crippen MR) is 85.9 cm³/mol. The van der Waals surface area contributed by atoms with E-state index in [0.717, 1.165) is 6.66 Å². The zero-order chi connectivity index (χ0) is 18.1. The Morgan fingerprint density at radius 3 is 1.70 bits per heavy atom. The van der Waals surface area contributed by atoms with Crippen LogP contribution in [0.4, 0.5) is 0 Å². The summed E-state index contributed by atoms with van der Waals surface area (Å²) in [5.41, 5.74) is 0. The maximum absolute atomic E-state index is 11.6. The summed E-state index contributed by atoms with van der Waals surface area (Å²) in [6.07, 6.45) is -0.873. The van der Waals surface area contributed by atoms with Gasteiger partial charge < -0.3 is 20.0 Å². The van der Waals surface area contributed by atoms with Gasteiger partial charge in [-0.1, -0.05) is 18.2 Å². The number of carboxylic acids is 2. The van der Waals surface area contributed by atoms with Crippen LogP contribution in [0.3, 0.4) is 0 Å². The van der Waals surface area contributed by atoms with Gasteiger partial charge in [-0.25, -0.2) is 0 Å². The summed E-state index contributed by atoms with van der Waals surface area (Å²) in [6, 6.07) is 8.10. The Morgan fingerprint density at radius 1 is 0.913 bits per heavy atom. The Kier molecular flexibility index (Phi) is 9.02. The second-order valence-electron chi connectivity index (χ2n) is 4.82. The van der Waals surface area contributed by atoms with E-state index in [4.69, 9.17) is 15.1 Å². The summed E-state index contributed by atoms with van der Waals surface area (Å²) in [7, 11) is -6.58. The van der Waals surface area contributed by atoms with Crippen LogP contribution in [0.5, 0.6) is 0 Å². The van der Waals surface area contributed by atoms with Gasteiger partial charge in [0.15, 0.2) is 7.37 Å². The first-order valence-electron chi connectivity index (χ1n) is 6.54. The van der Waals surface area contributed by atoms with Crippen molar-refractivity contribution in [2.45, 2.75) is 12.8 Å². The lowest BCUT2D eigenvalue weighted by Crippen LogP contribution is -2.09. The van der Waals surface area contributed by atoms with Crippen molar-refractivity contribution in [2.24, 2.45) is 0 Å². The molecule has 130 valence electrons. The molecule has 4 N–H and O–H groups in total. The van der Waals surface area contributed by atoms with Crippen LogP contribution in [-0.2, 0) is 18.7 Å². The number of rotatable bonds is 7. The lowest BCUT2D eigenvalue weighted by atomic mass is 10.4. The molecule has 23 heavy (non-hydrogen) atoms. The highest BCUT2D eigenvalue weighted by Crippen LogP contribution is 2.39. The minimum atomic E-state index is -3.48. The number of hydrogen-bond acceptors (Lipinski definition) is 4. The largest absolute Gasteiger partial charge is 0.481 e. The molecule has 0 saturated carbocycles. The molecule has 0 aliphatic heterocycles. The quantitative estimate of drug-likeness (QED) is 0.529. The fourth-order valence-electron chi connectivity index (χ4n) is 1.34. The Hall–Kier alpha value is -1.46. The molecule has 0 aliphatic carbocycles. The van der Waals surface area contributed by atoms with Crippen molar-refractivity contribution < 1.29 is 38.7 Å². The molecule has 0 spiro atoms. The summed E-state index contributed by atoms with van der Waals surface area (Å²) < 4.78 is 22.0. The highest BCUT2D eigenvalue weighted by atomic mass is 31.2. The molecule has 0 aromatic heterocycles. The molecular weight excluding hydrogens is 346 g/mol. The first-order valence-corrected chi connectivity index (χ1v) is 10.7. The number of carbonyl (C=O) groups is 2. The fourth-order valence-corrected chi connectivity index (χ4v) is 3.34. The van der Waals surface area contributed by atoms with Crippen LogP contribution < -0.4 is 5.30 Å². The van der Waals surface area contributed by atoms with Crippen LogP contribution in [0.2, 0.25) is 0 Å². The Morgan fingerprint density at radius 2 is 1.35 bits per heavy atom. The standard InChI is InChI=1S/C9H11O4P.C4H9O4P/c10-9(11)6-7-14(12,13)8-4-2-1-3-5-8;1-9(7,8)3-2-4(5)6/h1-5H,6-7H2,(H,10,11)(H,12,13);2-3H2,1H3,(H,5,6)(H,7,8). The van der Waals surface area contributed by atoms with Crippen LogP contribution in [0, 0.1) is 0 Å². The zero-order valence-electron chi connectivity index (χ0n) is 12.5. The van der Waals surface area contributed by atoms with Gasteiger partial charge in [-0.15, -0.1) is 0 Å². The van der Waals surface area contributed by atoms with Crippen molar-refractivity contribution in [3.8, 4) is 0 Å². The first kappa shape index (κ1) is 21.5. The summed E-state index contributed by atoms with van der Waals surface area (Å²) >= 11 is 0. The molecule has 8 nitrogen and oxygen atoms in total. The van der Waals surface area contributed by atoms with E-state index in [1.165, 1.54) is 12.1 Å². The summed E-state index contributed by atoms with van der Waals surface area (Å²) in [6.45, 7) is 1.15. The minimum Gasteiger partial charge on any atom is -0.481 e. The van der Waals surface area contributed by atoms with E-state index in [1.54, 1.807) is 18.2 Å². The van der Waals surface area contributed by atoms with Crippen LogP contribution in [-0.4, -0.2) is 50.9 Å².